The van der Waals surface area contributed by atoms with Gasteiger partial charge in [0.2, 0.25) is 0 Å². The zero-order chi connectivity index (χ0) is 13.3. The minimum absolute atomic E-state index is 0.0761. The maximum atomic E-state index is 11.3. The molecule has 1 heterocycles. The molecule has 1 aromatic carbocycles. The molecule has 1 saturated heterocycles. The minimum Gasteiger partial charge on any atom is -0.369 e. The van der Waals surface area contributed by atoms with Gasteiger partial charge in [0.1, 0.15) is 0 Å². The van der Waals surface area contributed by atoms with Crippen LogP contribution in [0.4, 0.5) is 5.69 Å². The van der Waals surface area contributed by atoms with Crippen LogP contribution in [0.25, 0.3) is 0 Å². The molecule has 0 aliphatic carbocycles. The lowest BCUT2D eigenvalue weighted by Gasteiger charge is -2.29. The van der Waals surface area contributed by atoms with Gasteiger partial charge in [0.15, 0.2) is 15.6 Å². The van der Waals surface area contributed by atoms with Gasteiger partial charge in [-0.05, 0) is 25.1 Å². The van der Waals surface area contributed by atoms with Gasteiger partial charge in [-0.15, -0.1) is 0 Å². The second kappa shape index (κ2) is 4.90. The van der Waals surface area contributed by atoms with E-state index in [1.54, 1.807) is 18.2 Å². The van der Waals surface area contributed by atoms with Crippen LogP contribution in [0.2, 0.25) is 5.02 Å². The molecule has 0 radical (unpaired) electrons. The van der Waals surface area contributed by atoms with Crippen molar-refractivity contribution in [2.75, 3.05) is 29.5 Å². The highest BCUT2D eigenvalue weighted by Gasteiger charge is 2.22. The van der Waals surface area contributed by atoms with Crippen LogP contribution in [0.15, 0.2) is 18.2 Å². The van der Waals surface area contributed by atoms with E-state index in [4.69, 9.17) is 11.6 Å². The zero-order valence-electron chi connectivity index (χ0n) is 10.0. The summed E-state index contributed by atoms with van der Waals surface area (Å²) < 4.78 is 22.7. The molecule has 98 valence electrons. The molecule has 4 nitrogen and oxygen atoms in total. The van der Waals surface area contributed by atoms with Crippen LogP contribution in [0.3, 0.4) is 0 Å². The highest BCUT2D eigenvalue weighted by molar-refractivity contribution is 7.91. The SMILES string of the molecule is CC(=O)c1ccc(N2CCS(=O)(=O)CC2)cc1Cl. The van der Waals surface area contributed by atoms with Crippen LogP contribution in [0.1, 0.15) is 17.3 Å². The summed E-state index contributed by atoms with van der Waals surface area (Å²) in [6.07, 6.45) is 0. The fourth-order valence-corrected chi connectivity index (χ4v) is 3.47. The number of Topliss-reactive ketones (excluding diaryl/α,β-unsaturated/α-hetero) is 1. The number of anilines is 1. The van der Waals surface area contributed by atoms with Gasteiger partial charge in [0.25, 0.3) is 0 Å². The van der Waals surface area contributed by atoms with Crippen molar-refractivity contribution in [2.45, 2.75) is 6.92 Å². The van der Waals surface area contributed by atoms with Crippen molar-refractivity contribution in [3.8, 4) is 0 Å². The predicted octanol–water partition coefficient (Wildman–Crippen LogP) is 1.78. The Bertz CT molecular complexity index is 569. The number of nitrogens with zero attached hydrogens (tertiary/aromatic N) is 1. The van der Waals surface area contributed by atoms with Gasteiger partial charge in [-0.25, -0.2) is 8.42 Å². The maximum Gasteiger partial charge on any atom is 0.161 e. The summed E-state index contributed by atoms with van der Waals surface area (Å²) in [4.78, 5) is 13.2. The molecule has 0 saturated carbocycles. The topological polar surface area (TPSA) is 54.5 Å². The summed E-state index contributed by atoms with van der Waals surface area (Å²) in [5.41, 5.74) is 1.35. The molecule has 0 amide bonds. The molecule has 0 N–H and O–H groups in total. The van der Waals surface area contributed by atoms with Crippen molar-refractivity contribution < 1.29 is 13.2 Å². The third-order valence-corrected chi connectivity index (χ3v) is 4.96. The van der Waals surface area contributed by atoms with Crippen LogP contribution in [0.5, 0.6) is 0 Å². The van der Waals surface area contributed by atoms with E-state index in [1.807, 2.05) is 4.90 Å². The number of carbonyl (C=O) groups excluding carboxylic acids is 1. The first-order chi connectivity index (χ1) is 8.39. The molecule has 0 spiro atoms. The normalized spacial score (nSPS) is 18.7. The lowest BCUT2D eigenvalue weighted by Crippen LogP contribution is -2.40. The molecule has 0 bridgehead atoms. The van der Waals surface area contributed by atoms with Gasteiger partial charge < -0.3 is 4.90 Å². The quantitative estimate of drug-likeness (QED) is 0.778. The Labute approximate surface area is 111 Å². The fourth-order valence-electron chi connectivity index (χ4n) is 1.96. The smallest absolute Gasteiger partial charge is 0.161 e. The van der Waals surface area contributed by atoms with Gasteiger partial charge in [-0.1, -0.05) is 11.6 Å². The molecule has 0 unspecified atom stereocenters. The molecule has 1 fully saturated rings. The van der Waals surface area contributed by atoms with Crippen LogP contribution in [-0.4, -0.2) is 38.8 Å². The fraction of sp³-hybridized carbons (Fsp3) is 0.417. The third kappa shape index (κ3) is 2.84. The molecular formula is C12H14ClNO3S. The Morgan fingerprint density at radius 2 is 1.89 bits per heavy atom. The van der Waals surface area contributed by atoms with Crippen molar-refractivity contribution in [3.05, 3.63) is 28.8 Å². The molecule has 0 aromatic heterocycles. The largest absolute Gasteiger partial charge is 0.369 e. The van der Waals surface area contributed by atoms with Crippen molar-refractivity contribution in [2.24, 2.45) is 0 Å². The number of rotatable bonds is 2. The summed E-state index contributed by atoms with van der Waals surface area (Å²) in [5.74, 6) is 0.255. The molecule has 18 heavy (non-hydrogen) atoms. The Morgan fingerprint density at radius 1 is 1.28 bits per heavy atom. The van der Waals surface area contributed by atoms with Crippen LogP contribution >= 0.6 is 11.6 Å². The average Bonchev–Trinajstić information content (AvgIpc) is 2.28. The zero-order valence-corrected chi connectivity index (χ0v) is 11.6. The van der Waals surface area contributed by atoms with Crippen molar-refractivity contribution in [1.82, 2.24) is 0 Å². The standard InChI is InChI=1S/C12H14ClNO3S/c1-9(15)11-3-2-10(8-12(11)13)14-4-6-18(16,17)7-5-14/h2-3,8H,4-7H2,1H3. The second-order valence-electron chi connectivity index (χ2n) is 4.36. The van der Waals surface area contributed by atoms with Gasteiger partial charge in [-0.2, -0.15) is 0 Å². The molecule has 2 rings (SSSR count). The Hall–Kier alpha value is -1.07. The second-order valence-corrected chi connectivity index (χ2v) is 7.07. The summed E-state index contributed by atoms with van der Waals surface area (Å²) in [7, 11) is -2.88. The van der Waals surface area contributed by atoms with E-state index in [0.717, 1.165) is 5.69 Å². The Morgan fingerprint density at radius 3 is 2.39 bits per heavy atom. The Kier molecular flexibility index (Phi) is 3.64. The van der Waals surface area contributed by atoms with Crippen LogP contribution in [0, 0.1) is 0 Å². The molecule has 1 aromatic rings. The summed E-state index contributed by atoms with van der Waals surface area (Å²) in [6, 6.07) is 5.21. The lowest BCUT2D eigenvalue weighted by molar-refractivity contribution is 0.101. The van der Waals surface area contributed by atoms with Crippen molar-refractivity contribution in [1.29, 1.82) is 0 Å². The van der Waals surface area contributed by atoms with Gasteiger partial charge in [-0.3, -0.25) is 4.79 Å². The highest BCUT2D eigenvalue weighted by atomic mass is 35.5. The van der Waals surface area contributed by atoms with Gasteiger partial charge >= 0.3 is 0 Å². The van der Waals surface area contributed by atoms with Crippen molar-refractivity contribution >= 4 is 32.9 Å². The molecule has 6 heteroatoms. The van der Waals surface area contributed by atoms with Crippen LogP contribution < -0.4 is 4.90 Å². The monoisotopic (exact) mass is 287 g/mol. The number of carbonyl (C=O) groups is 1. The van der Waals surface area contributed by atoms with Gasteiger partial charge in [0, 0.05) is 24.3 Å². The van der Waals surface area contributed by atoms with Crippen LogP contribution in [-0.2, 0) is 9.84 Å². The average molecular weight is 288 g/mol. The molecule has 0 atom stereocenters. The van der Waals surface area contributed by atoms with Gasteiger partial charge in [0.05, 0.1) is 16.5 Å². The minimum atomic E-state index is -2.88. The van der Waals surface area contributed by atoms with E-state index < -0.39 is 9.84 Å². The Balaban J connectivity index is 2.21. The predicted molar refractivity (Wildman–Crippen MR) is 72.3 cm³/mol. The maximum absolute atomic E-state index is 11.3. The number of halogens is 1. The number of ketones is 1. The first kappa shape index (κ1) is 13.4. The van der Waals surface area contributed by atoms with E-state index in [0.29, 0.717) is 23.7 Å². The van der Waals surface area contributed by atoms with E-state index in [1.165, 1.54) is 6.92 Å². The third-order valence-electron chi connectivity index (χ3n) is 3.04. The number of benzene rings is 1. The molecule has 1 aliphatic heterocycles. The van der Waals surface area contributed by atoms with E-state index >= 15 is 0 Å². The number of hydrogen-bond donors (Lipinski definition) is 0. The lowest BCUT2D eigenvalue weighted by atomic mass is 10.1. The van der Waals surface area contributed by atoms with E-state index in [2.05, 4.69) is 0 Å². The molecule has 1 aliphatic rings. The summed E-state index contributed by atoms with van der Waals surface area (Å²) >= 11 is 6.03. The van der Waals surface area contributed by atoms with E-state index in [-0.39, 0.29) is 17.3 Å². The van der Waals surface area contributed by atoms with E-state index in [9.17, 15) is 13.2 Å². The van der Waals surface area contributed by atoms with Crippen molar-refractivity contribution in [3.63, 3.8) is 0 Å². The first-order valence-electron chi connectivity index (χ1n) is 5.65. The summed E-state index contributed by atoms with van der Waals surface area (Å²) in [6.45, 7) is 2.41. The molecular weight excluding hydrogens is 274 g/mol. The highest BCUT2D eigenvalue weighted by Crippen LogP contribution is 2.25. The summed E-state index contributed by atoms with van der Waals surface area (Å²) in [5, 5.41) is 0.411. The number of sulfone groups is 1. The first-order valence-corrected chi connectivity index (χ1v) is 7.85. The number of hydrogen-bond acceptors (Lipinski definition) is 4.